The van der Waals surface area contributed by atoms with Gasteiger partial charge in [-0.1, -0.05) is 18.5 Å². The average molecular weight is 219 g/mol. The molecule has 0 saturated carbocycles. The van der Waals surface area contributed by atoms with Crippen molar-refractivity contribution in [2.24, 2.45) is 5.18 Å². The number of ether oxygens (including phenoxy) is 2. The van der Waals surface area contributed by atoms with Crippen molar-refractivity contribution in [2.45, 2.75) is 44.3 Å². The predicted octanol–water partition coefficient (Wildman–Crippen LogP) is 0.0162. The van der Waals surface area contributed by atoms with E-state index in [4.69, 9.17) is 14.6 Å². The summed E-state index contributed by atoms with van der Waals surface area (Å²) in [4.78, 5) is 10.4. The average Bonchev–Trinajstić information content (AvgIpc) is 2.55. The molecule has 0 aromatic heterocycles. The minimum absolute atomic E-state index is 0.346. The Kier molecular flexibility index (Phi) is 5.10. The van der Waals surface area contributed by atoms with Crippen LogP contribution in [0.15, 0.2) is 5.18 Å². The molecule has 0 radical (unpaired) electrons. The van der Waals surface area contributed by atoms with E-state index < -0.39 is 24.5 Å². The maximum absolute atomic E-state index is 10.4. The molecule has 1 rings (SSSR count). The highest BCUT2D eigenvalue weighted by Crippen LogP contribution is 2.24. The van der Waals surface area contributed by atoms with Crippen LogP contribution in [0.4, 0.5) is 0 Å². The van der Waals surface area contributed by atoms with Crippen LogP contribution in [-0.2, 0) is 9.47 Å². The number of rotatable bonds is 6. The van der Waals surface area contributed by atoms with Gasteiger partial charge in [-0.25, -0.2) is 0 Å². The molecule has 0 spiro atoms. The van der Waals surface area contributed by atoms with Crippen LogP contribution < -0.4 is 0 Å². The first-order valence-corrected chi connectivity index (χ1v) is 5.13. The van der Waals surface area contributed by atoms with E-state index in [1.54, 1.807) is 0 Å². The van der Waals surface area contributed by atoms with Gasteiger partial charge in [0.1, 0.15) is 12.2 Å². The predicted molar refractivity (Wildman–Crippen MR) is 52.2 cm³/mol. The Bertz CT molecular complexity index is 201. The second-order valence-corrected chi connectivity index (χ2v) is 3.54. The topological polar surface area (TPSA) is 88.4 Å². The minimum atomic E-state index is -1.09. The Labute approximate surface area is 88.2 Å². The lowest BCUT2D eigenvalue weighted by atomic mass is 10.1. The largest absolute Gasteiger partial charge is 0.394 e. The number of nitrogens with zero attached hydrogens (tertiary/aromatic N) is 1. The molecular formula is C9H17NO5. The molecule has 1 saturated heterocycles. The van der Waals surface area contributed by atoms with Gasteiger partial charge >= 0.3 is 0 Å². The highest BCUT2D eigenvalue weighted by Gasteiger charge is 2.45. The third kappa shape index (κ3) is 2.94. The standard InChI is InChI=1S/C9H17NO5/c1-2-3-4-14-9-8(12)7(10-13)6(5-11)15-9/h6-9,11-12H,2-5H2,1H3. The summed E-state index contributed by atoms with van der Waals surface area (Å²) in [6.07, 6.45) is -0.867. The maximum Gasteiger partial charge on any atom is 0.186 e. The lowest BCUT2D eigenvalue weighted by Crippen LogP contribution is -2.33. The fourth-order valence-corrected chi connectivity index (χ4v) is 1.48. The molecule has 6 heteroatoms. The van der Waals surface area contributed by atoms with Gasteiger partial charge in [0.15, 0.2) is 12.3 Å². The Morgan fingerprint density at radius 1 is 1.53 bits per heavy atom. The molecule has 2 N–H and O–H groups in total. The highest BCUT2D eigenvalue weighted by atomic mass is 16.7. The van der Waals surface area contributed by atoms with Crippen LogP contribution in [0, 0.1) is 4.91 Å². The summed E-state index contributed by atoms with van der Waals surface area (Å²) in [7, 11) is 0. The number of aliphatic hydroxyl groups is 2. The van der Waals surface area contributed by atoms with Crippen molar-refractivity contribution >= 4 is 0 Å². The van der Waals surface area contributed by atoms with Gasteiger partial charge in [-0.3, -0.25) is 0 Å². The van der Waals surface area contributed by atoms with Gasteiger partial charge < -0.3 is 19.7 Å². The maximum atomic E-state index is 10.4. The number of nitroso groups, excluding NO2 is 1. The van der Waals surface area contributed by atoms with Crippen molar-refractivity contribution in [3.63, 3.8) is 0 Å². The Balaban J connectivity index is 2.43. The molecule has 1 heterocycles. The zero-order valence-electron chi connectivity index (χ0n) is 8.70. The normalized spacial score (nSPS) is 35.7. The SMILES string of the molecule is CCCCOC1OC(CO)C(N=O)C1O. The van der Waals surface area contributed by atoms with E-state index in [-0.39, 0.29) is 6.61 Å². The van der Waals surface area contributed by atoms with Crippen molar-refractivity contribution in [3.8, 4) is 0 Å². The molecule has 0 amide bonds. The van der Waals surface area contributed by atoms with E-state index in [1.165, 1.54) is 0 Å². The molecule has 4 atom stereocenters. The van der Waals surface area contributed by atoms with Gasteiger partial charge in [-0.2, -0.15) is 4.91 Å². The fraction of sp³-hybridized carbons (Fsp3) is 1.00. The lowest BCUT2D eigenvalue weighted by Gasteiger charge is -2.14. The Morgan fingerprint density at radius 3 is 2.73 bits per heavy atom. The third-order valence-electron chi connectivity index (χ3n) is 2.40. The Morgan fingerprint density at radius 2 is 2.27 bits per heavy atom. The molecular weight excluding hydrogens is 202 g/mol. The molecule has 0 aliphatic carbocycles. The molecule has 1 aliphatic rings. The van der Waals surface area contributed by atoms with Crippen LogP contribution in [-0.4, -0.2) is 48.0 Å². The van der Waals surface area contributed by atoms with Crippen molar-refractivity contribution < 1.29 is 19.7 Å². The second-order valence-electron chi connectivity index (χ2n) is 3.54. The molecule has 88 valence electrons. The van der Waals surface area contributed by atoms with Crippen LogP contribution >= 0.6 is 0 Å². The first kappa shape index (κ1) is 12.5. The van der Waals surface area contributed by atoms with Crippen LogP contribution in [0.1, 0.15) is 19.8 Å². The number of aliphatic hydroxyl groups excluding tert-OH is 2. The monoisotopic (exact) mass is 219 g/mol. The van der Waals surface area contributed by atoms with Crippen molar-refractivity contribution in [2.75, 3.05) is 13.2 Å². The Hall–Kier alpha value is -0.560. The summed E-state index contributed by atoms with van der Waals surface area (Å²) in [6.45, 7) is 2.13. The number of hydrogen-bond acceptors (Lipinski definition) is 6. The van der Waals surface area contributed by atoms with Crippen molar-refractivity contribution in [1.82, 2.24) is 0 Å². The summed E-state index contributed by atoms with van der Waals surface area (Å²) >= 11 is 0. The molecule has 0 bridgehead atoms. The number of unbranched alkanes of at least 4 members (excludes halogenated alkanes) is 1. The van der Waals surface area contributed by atoms with E-state index in [1.807, 2.05) is 6.92 Å². The lowest BCUT2D eigenvalue weighted by molar-refractivity contribution is -0.169. The van der Waals surface area contributed by atoms with E-state index in [9.17, 15) is 10.0 Å². The molecule has 1 fully saturated rings. The third-order valence-corrected chi connectivity index (χ3v) is 2.40. The van der Waals surface area contributed by atoms with Crippen LogP contribution in [0.2, 0.25) is 0 Å². The first-order valence-electron chi connectivity index (χ1n) is 5.13. The molecule has 15 heavy (non-hydrogen) atoms. The van der Waals surface area contributed by atoms with Gasteiger partial charge in [0, 0.05) is 6.61 Å². The van der Waals surface area contributed by atoms with Gasteiger partial charge in [0.05, 0.1) is 6.61 Å². The smallest absolute Gasteiger partial charge is 0.186 e. The van der Waals surface area contributed by atoms with Crippen LogP contribution in [0.3, 0.4) is 0 Å². The summed E-state index contributed by atoms with van der Waals surface area (Å²) in [5.41, 5.74) is 0. The fourth-order valence-electron chi connectivity index (χ4n) is 1.48. The second kappa shape index (κ2) is 6.12. The van der Waals surface area contributed by atoms with Crippen LogP contribution in [0.25, 0.3) is 0 Å². The van der Waals surface area contributed by atoms with E-state index in [0.29, 0.717) is 6.61 Å². The minimum Gasteiger partial charge on any atom is -0.394 e. The molecule has 1 aliphatic heterocycles. The van der Waals surface area contributed by atoms with E-state index in [0.717, 1.165) is 12.8 Å². The van der Waals surface area contributed by atoms with E-state index >= 15 is 0 Å². The van der Waals surface area contributed by atoms with Gasteiger partial charge in [0.2, 0.25) is 0 Å². The highest BCUT2D eigenvalue weighted by molar-refractivity contribution is 4.91. The zero-order valence-corrected chi connectivity index (χ0v) is 8.70. The van der Waals surface area contributed by atoms with Gasteiger partial charge in [0.25, 0.3) is 0 Å². The summed E-state index contributed by atoms with van der Waals surface area (Å²) in [6, 6.07) is -0.943. The first-order chi connectivity index (χ1) is 7.24. The van der Waals surface area contributed by atoms with Gasteiger partial charge in [-0.05, 0) is 6.42 Å². The quantitative estimate of drug-likeness (QED) is 0.485. The molecule has 4 unspecified atom stereocenters. The van der Waals surface area contributed by atoms with Crippen LogP contribution in [0.5, 0.6) is 0 Å². The van der Waals surface area contributed by atoms with Crippen molar-refractivity contribution in [3.05, 3.63) is 4.91 Å². The summed E-state index contributed by atoms with van der Waals surface area (Å²) < 4.78 is 10.4. The van der Waals surface area contributed by atoms with Gasteiger partial charge in [-0.15, -0.1) is 0 Å². The zero-order chi connectivity index (χ0) is 11.3. The summed E-state index contributed by atoms with van der Waals surface area (Å²) in [5, 5.41) is 21.2. The molecule has 0 aromatic rings. The van der Waals surface area contributed by atoms with E-state index in [2.05, 4.69) is 5.18 Å². The molecule has 0 aromatic carbocycles. The summed E-state index contributed by atoms with van der Waals surface area (Å²) in [5.74, 6) is 0. The molecule has 6 nitrogen and oxygen atoms in total. The van der Waals surface area contributed by atoms with Crippen molar-refractivity contribution in [1.29, 1.82) is 0 Å². The number of hydrogen-bond donors (Lipinski definition) is 2.